The molecule has 0 spiro atoms. The largest absolute Gasteiger partial charge is 0.494 e. The molecule has 0 aliphatic carbocycles. The van der Waals surface area contributed by atoms with Crippen LogP contribution in [0.1, 0.15) is 39.8 Å². The van der Waals surface area contributed by atoms with Gasteiger partial charge in [0, 0.05) is 17.1 Å². The number of carbonyl (C=O) groups is 3. The van der Waals surface area contributed by atoms with Gasteiger partial charge in [0.2, 0.25) is 0 Å². The van der Waals surface area contributed by atoms with Crippen LogP contribution in [0.3, 0.4) is 0 Å². The van der Waals surface area contributed by atoms with Gasteiger partial charge in [-0.2, -0.15) is 0 Å². The number of aryl methyl sites for hydroxylation is 2. The van der Waals surface area contributed by atoms with Gasteiger partial charge >= 0.3 is 5.97 Å². The third-order valence-electron chi connectivity index (χ3n) is 5.96. The van der Waals surface area contributed by atoms with Crippen molar-refractivity contribution in [1.29, 1.82) is 0 Å². The Bertz CT molecular complexity index is 1440. The van der Waals surface area contributed by atoms with Gasteiger partial charge in [0.15, 0.2) is 5.11 Å². The van der Waals surface area contributed by atoms with E-state index in [-0.39, 0.29) is 16.2 Å². The molecule has 2 amide bonds. The summed E-state index contributed by atoms with van der Waals surface area (Å²) in [4.78, 5) is 38.8. The third kappa shape index (κ3) is 4.52. The van der Waals surface area contributed by atoms with Gasteiger partial charge in [-0.25, -0.2) is 4.79 Å². The number of rotatable bonds is 6. The second-order valence-electron chi connectivity index (χ2n) is 8.35. The predicted molar refractivity (Wildman–Crippen MR) is 141 cm³/mol. The van der Waals surface area contributed by atoms with E-state index in [9.17, 15) is 19.5 Å². The topological polar surface area (TPSA) is 101 Å². The van der Waals surface area contributed by atoms with Gasteiger partial charge < -0.3 is 14.4 Å². The Morgan fingerprint density at radius 3 is 2.39 bits per heavy atom. The molecule has 0 saturated carbocycles. The fourth-order valence-corrected chi connectivity index (χ4v) is 4.53. The van der Waals surface area contributed by atoms with Crippen LogP contribution in [0.25, 0.3) is 11.8 Å². The summed E-state index contributed by atoms with van der Waals surface area (Å²) in [6.07, 6.45) is 1.56. The molecule has 1 aliphatic rings. The summed E-state index contributed by atoms with van der Waals surface area (Å²) in [5.74, 6) is -1.43. The molecule has 3 aromatic rings. The lowest BCUT2D eigenvalue weighted by Gasteiger charge is -2.29. The number of nitrogens with zero attached hydrogens (tertiary/aromatic N) is 2. The van der Waals surface area contributed by atoms with Crippen molar-refractivity contribution in [3.63, 3.8) is 0 Å². The van der Waals surface area contributed by atoms with E-state index < -0.39 is 17.8 Å². The van der Waals surface area contributed by atoms with Gasteiger partial charge in [-0.3, -0.25) is 19.8 Å². The Hall–Kier alpha value is -4.24. The van der Waals surface area contributed by atoms with E-state index in [1.807, 2.05) is 38.3 Å². The van der Waals surface area contributed by atoms with Gasteiger partial charge in [0.05, 0.1) is 17.9 Å². The zero-order valence-corrected chi connectivity index (χ0v) is 21.1. The van der Waals surface area contributed by atoms with Crippen molar-refractivity contribution in [2.45, 2.75) is 27.7 Å². The highest BCUT2D eigenvalue weighted by atomic mass is 32.1. The quantitative estimate of drug-likeness (QED) is 0.295. The van der Waals surface area contributed by atoms with Crippen molar-refractivity contribution in [3.8, 4) is 11.4 Å². The minimum atomic E-state index is -0.993. The van der Waals surface area contributed by atoms with E-state index in [2.05, 4.69) is 5.32 Å². The van der Waals surface area contributed by atoms with Crippen molar-refractivity contribution in [3.05, 3.63) is 82.2 Å². The fourth-order valence-electron chi connectivity index (χ4n) is 4.25. The molecular formula is C27H25N3O5S. The third-order valence-corrected chi connectivity index (χ3v) is 6.25. The molecule has 0 radical (unpaired) electrons. The smallest absolute Gasteiger partial charge is 0.335 e. The molecule has 1 fully saturated rings. The van der Waals surface area contributed by atoms with Crippen LogP contribution >= 0.6 is 12.2 Å². The van der Waals surface area contributed by atoms with Crippen LogP contribution < -0.4 is 15.0 Å². The van der Waals surface area contributed by atoms with E-state index >= 15 is 0 Å². The van der Waals surface area contributed by atoms with E-state index in [1.165, 1.54) is 4.90 Å². The van der Waals surface area contributed by atoms with Crippen LogP contribution in [0, 0.1) is 20.8 Å². The Kier molecular flexibility index (Phi) is 6.76. The number of benzene rings is 2. The van der Waals surface area contributed by atoms with E-state index in [0.717, 1.165) is 22.6 Å². The SMILES string of the molecule is CCOc1ccc(N2C(=O)/C(=C/c3cc(C)n(-c4ccc(C(=O)O)cc4C)c3C)C(=O)NC2=S)cc1. The fraction of sp³-hybridized carbons (Fsp3) is 0.185. The summed E-state index contributed by atoms with van der Waals surface area (Å²) < 4.78 is 7.43. The number of carboxylic acids is 1. The van der Waals surface area contributed by atoms with E-state index in [1.54, 1.807) is 48.5 Å². The average molecular weight is 504 g/mol. The predicted octanol–water partition coefficient (Wildman–Crippen LogP) is 4.33. The standard InChI is InChI=1S/C27H25N3O5S/c1-5-35-21-9-7-20(8-10-21)30-25(32)22(24(31)28-27(30)36)14-19-13-16(3)29(17(19)4)23-11-6-18(26(33)34)12-15(23)2/h6-14H,5H2,1-4H3,(H,33,34)(H,28,31,36)/b22-14+. The first-order valence-corrected chi connectivity index (χ1v) is 11.7. The number of carboxylic acid groups (broad SMARTS) is 1. The average Bonchev–Trinajstić information content (AvgIpc) is 3.10. The first-order valence-electron chi connectivity index (χ1n) is 11.3. The molecule has 8 nitrogen and oxygen atoms in total. The van der Waals surface area contributed by atoms with Crippen molar-refractivity contribution in [2.24, 2.45) is 0 Å². The molecular weight excluding hydrogens is 478 g/mol. The number of aromatic nitrogens is 1. The first-order chi connectivity index (χ1) is 17.1. The van der Waals surface area contributed by atoms with Crippen LogP contribution in [-0.2, 0) is 9.59 Å². The van der Waals surface area contributed by atoms with Crippen LogP contribution in [0.5, 0.6) is 5.75 Å². The molecule has 184 valence electrons. The molecule has 36 heavy (non-hydrogen) atoms. The molecule has 9 heteroatoms. The Morgan fingerprint density at radius 1 is 1.08 bits per heavy atom. The van der Waals surface area contributed by atoms with Crippen molar-refractivity contribution in [2.75, 3.05) is 11.5 Å². The Labute approximate surface area is 213 Å². The number of hydrogen-bond acceptors (Lipinski definition) is 5. The van der Waals surface area contributed by atoms with Crippen LogP contribution in [-0.4, -0.2) is 39.2 Å². The molecule has 1 aliphatic heterocycles. The van der Waals surface area contributed by atoms with Crippen molar-refractivity contribution in [1.82, 2.24) is 9.88 Å². The zero-order chi connectivity index (χ0) is 26.1. The van der Waals surface area contributed by atoms with Crippen molar-refractivity contribution >= 4 is 46.9 Å². The molecule has 0 bridgehead atoms. The number of anilines is 1. The normalized spacial score (nSPS) is 14.8. The monoisotopic (exact) mass is 503 g/mol. The van der Waals surface area contributed by atoms with Crippen LogP contribution in [0.15, 0.2) is 54.1 Å². The number of carbonyl (C=O) groups excluding carboxylic acids is 2. The van der Waals surface area contributed by atoms with E-state index in [0.29, 0.717) is 23.6 Å². The number of aromatic carboxylic acids is 1. The van der Waals surface area contributed by atoms with Gasteiger partial charge in [-0.1, -0.05) is 0 Å². The summed E-state index contributed by atoms with van der Waals surface area (Å²) in [6.45, 7) is 8.03. The maximum absolute atomic E-state index is 13.4. The summed E-state index contributed by atoms with van der Waals surface area (Å²) in [6, 6.07) is 13.7. The minimum Gasteiger partial charge on any atom is -0.494 e. The minimum absolute atomic E-state index is 0.00549. The molecule has 2 heterocycles. The van der Waals surface area contributed by atoms with Crippen molar-refractivity contribution < 1.29 is 24.2 Å². The van der Waals surface area contributed by atoms with Gasteiger partial charge in [0.25, 0.3) is 11.8 Å². The lowest BCUT2D eigenvalue weighted by Crippen LogP contribution is -2.54. The van der Waals surface area contributed by atoms with Gasteiger partial charge in [-0.15, -0.1) is 0 Å². The number of hydrogen-bond donors (Lipinski definition) is 2. The van der Waals surface area contributed by atoms with Crippen LogP contribution in [0.4, 0.5) is 5.69 Å². The number of nitrogens with one attached hydrogen (secondary N) is 1. The Morgan fingerprint density at radius 2 is 1.78 bits per heavy atom. The lowest BCUT2D eigenvalue weighted by molar-refractivity contribution is -0.122. The van der Waals surface area contributed by atoms with Gasteiger partial charge in [-0.05, 0) is 106 Å². The highest BCUT2D eigenvalue weighted by molar-refractivity contribution is 7.80. The first kappa shape index (κ1) is 24.9. The molecule has 0 unspecified atom stereocenters. The summed E-state index contributed by atoms with van der Waals surface area (Å²) >= 11 is 5.29. The number of amides is 2. The van der Waals surface area contributed by atoms with E-state index in [4.69, 9.17) is 17.0 Å². The summed E-state index contributed by atoms with van der Waals surface area (Å²) in [5.41, 5.74) is 4.63. The number of thiocarbonyl (C=S) groups is 1. The maximum atomic E-state index is 13.4. The highest BCUT2D eigenvalue weighted by Gasteiger charge is 2.34. The Balaban J connectivity index is 1.72. The highest BCUT2D eigenvalue weighted by Crippen LogP contribution is 2.28. The number of ether oxygens (including phenoxy) is 1. The van der Waals surface area contributed by atoms with Crippen LogP contribution in [0.2, 0.25) is 0 Å². The molecule has 1 saturated heterocycles. The molecule has 1 aromatic heterocycles. The second-order valence-corrected chi connectivity index (χ2v) is 8.74. The molecule has 2 N–H and O–H groups in total. The molecule has 0 atom stereocenters. The summed E-state index contributed by atoms with van der Waals surface area (Å²) in [5, 5.41) is 11.9. The summed E-state index contributed by atoms with van der Waals surface area (Å²) in [7, 11) is 0. The molecule has 4 rings (SSSR count). The maximum Gasteiger partial charge on any atom is 0.335 e. The second kappa shape index (κ2) is 9.79. The lowest BCUT2D eigenvalue weighted by atomic mass is 10.1. The van der Waals surface area contributed by atoms with Gasteiger partial charge in [0.1, 0.15) is 11.3 Å². The zero-order valence-electron chi connectivity index (χ0n) is 20.3. The molecule has 2 aromatic carbocycles.